The van der Waals surface area contributed by atoms with Gasteiger partial charge in [-0.1, -0.05) is 65.7 Å². The molecule has 0 radical (unpaired) electrons. The lowest BCUT2D eigenvalue weighted by Gasteiger charge is -2.33. The maximum absolute atomic E-state index is 13.4. The standard InChI is InChI=1S/C25H21Cl2N3O3/c1-14(15-7-4-3-5-8-15)28-24(33)29-18-10-6-9-16(11-18)25(2)22(31)21-19(27)12-17(26)13-20(21)30-23(25)32/h3-14H,1-2H3,(H,30,32)(H2,28,29,33)/t14?,25-/m0/s1. The number of hydrogen-bond donors (Lipinski definition) is 3. The van der Waals surface area contributed by atoms with E-state index in [0.717, 1.165) is 5.56 Å². The van der Waals surface area contributed by atoms with Crippen molar-refractivity contribution in [3.63, 3.8) is 0 Å². The summed E-state index contributed by atoms with van der Waals surface area (Å²) in [6, 6.07) is 18.6. The molecule has 0 aliphatic carbocycles. The molecule has 1 aliphatic heterocycles. The van der Waals surface area contributed by atoms with Gasteiger partial charge >= 0.3 is 6.03 Å². The number of amides is 3. The summed E-state index contributed by atoms with van der Waals surface area (Å²) in [5, 5.41) is 8.86. The second-order valence-electron chi connectivity index (χ2n) is 8.03. The second-order valence-corrected chi connectivity index (χ2v) is 8.87. The van der Waals surface area contributed by atoms with Crippen molar-refractivity contribution in [1.29, 1.82) is 0 Å². The van der Waals surface area contributed by atoms with Crippen LogP contribution < -0.4 is 16.0 Å². The predicted octanol–water partition coefficient (Wildman–Crippen LogP) is 5.97. The number of carbonyl (C=O) groups is 3. The van der Waals surface area contributed by atoms with E-state index in [-0.39, 0.29) is 22.3 Å². The topological polar surface area (TPSA) is 87.3 Å². The van der Waals surface area contributed by atoms with E-state index in [1.165, 1.54) is 19.1 Å². The van der Waals surface area contributed by atoms with Crippen molar-refractivity contribution in [2.24, 2.45) is 0 Å². The molecule has 0 saturated carbocycles. The molecule has 6 nitrogen and oxygen atoms in total. The number of anilines is 2. The molecule has 1 unspecified atom stereocenters. The first-order valence-electron chi connectivity index (χ1n) is 10.3. The largest absolute Gasteiger partial charge is 0.331 e. The molecule has 3 N–H and O–H groups in total. The Morgan fingerprint density at radius 1 is 1.00 bits per heavy atom. The van der Waals surface area contributed by atoms with Gasteiger partial charge in [0.25, 0.3) is 0 Å². The van der Waals surface area contributed by atoms with Gasteiger partial charge in [0.1, 0.15) is 5.41 Å². The summed E-state index contributed by atoms with van der Waals surface area (Å²) in [5.41, 5.74) is 0.792. The normalized spacial score (nSPS) is 18.2. The number of ketones is 1. The first-order valence-corrected chi connectivity index (χ1v) is 11.0. The zero-order chi connectivity index (χ0) is 23.8. The monoisotopic (exact) mass is 481 g/mol. The Kier molecular flexibility index (Phi) is 6.15. The SMILES string of the molecule is CC(NC(=O)Nc1cccc([C@]2(C)C(=O)Nc3cc(Cl)cc(Cl)c3C2=O)c1)c1ccccc1. The van der Waals surface area contributed by atoms with E-state index in [0.29, 0.717) is 16.3 Å². The third kappa shape index (κ3) is 4.32. The Morgan fingerprint density at radius 3 is 2.45 bits per heavy atom. The quantitative estimate of drug-likeness (QED) is 0.401. The first kappa shape index (κ1) is 22.8. The average Bonchev–Trinajstić information content (AvgIpc) is 2.77. The minimum Gasteiger partial charge on any atom is -0.331 e. The van der Waals surface area contributed by atoms with Crippen LogP contribution in [0.15, 0.2) is 66.7 Å². The molecule has 3 amide bonds. The molecule has 168 valence electrons. The Labute approximate surface area is 201 Å². The molecular formula is C25H21Cl2N3O3. The Hall–Kier alpha value is -3.35. The van der Waals surface area contributed by atoms with E-state index in [9.17, 15) is 14.4 Å². The van der Waals surface area contributed by atoms with Crippen molar-refractivity contribution in [1.82, 2.24) is 5.32 Å². The van der Waals surface area contributed by atoms with E-state index in [4.69, 9.17) is 23.2 Å². The van der Waals surface area contributed by atoms with E-state index < -0.39 is 23.1 Å². The van der Waals surface area contributed by atoms with Gasteiger partial charge in [0, 0.05) is 10.7 Å². The molecular weight excluding hydrogens is 461 g/mol. The van der Waals surface area contributed by atoms with Crippen LogP contribution in [0.4, 0.5) is 16.2 Å². The minimum atomic E-state index is -1.53. The fourth-order valence-corrected chi connectivity index (χ4v) is 4.44. The molecule has 33 heavy (non-hydrogen) atoms. The van der Waals surface area contributed by atoms with Crippen LogP contribution in [0.25, 0.3) is 0 Å². The van der Waals surface area contributed by atoms with E-state index in [2.05, 4.69) is 16.0 Å². The van der Waals surface area contributed by atoms with Crippen molar-refractivity contribution < 1.29 is 14.4 Å². The highest BCUT2D eigenvalue weighted by atomic mass is 35.5. The molecule has 8 heteroatoms. The highest BCUT2D eigenvalue weighted by Gasteiger charge is 2.48. The summed E-state index contributed by atoms with van der Waals surface area (Å²) in [7, 11) is 0. The van der Waals surface area contributed by atoms with Gasteiger partial charge in [-0.25, -0.2) is 4.79 Å². The number of rotatable bonds is 4. The van der Waals surface area contributed by atoms with Gasteiger partial charge in [-0.3, -0.25) is 9.59 Å². The highest BCUT2D eigenvalue weighted by molar-refractivity contribution is 6.41. The summed E-state index contributed by atoms with van der Waals surface area (Å²) in [4.78, 5) is 39.0. The fraction of sp³-hybridized carbons (Fsp3) is 0.160. The van der Waals surface area contributed by atoms with Gasteiger partial charge in [0.2, 0.25) is 5.91 Å². The number of hydrogen-bond acceptors (Lipinski definition) is 3. The van der Waals surface area contributed by atoms with E-state index in [1.807, 2.05) is 37.3 Å². The van der Waals surface area contributed by atoms with Gasteiger partial charge in [-0.2, -0.15) is 0 Å². The summed E-state index contributed by atoms with van der Waals surface area (Å²) in [5.74, 6) is -0.945. The van der Waals surface area contributed by atoms with Crippen LogP contribution in [0.2, 0.25) is 10.0 Å². The van der Waals surface area contributed by atoms with Gasteiger partial charge in [-0.05, 0) is 49.2 Å². The molecule has 2 atom stereocenters. The number of urea groups is 1. The molecule has 0 saturated heterocycles. The maximum Gasteiger partial charge on any atom is 0.319 e. The van der Waals surface area contributed by atoms with Crippen LogP contribution in [0.5, 0.6) is 0 Å². The second kappa shape index (κ2) is 8.89. The number of Topliss-reactive ketones (excluding diaryl/α,β-unsaturated/α-hetero) is 1. The molecule has 0 spiro atoms. The number of carbonyl (C=O) groups excluding carboxylic acids is 3. The number of benzene rings is 3. The smallest absolute Gasteiger partial charge is 0.319 e. The summed E-state index contributed by atoms with van der Waals surface area (Å²) in [6.07, 6.45) is 0. The molecule has 4 rings (SSSR count). The van der Waals surface area contributed by atoms with E-state index in [1.54, 1.807) is 24.3 Å². The van der Waals surface area contributed by atoms with Crippen molar-refractivity contribution in [3.8, 4) is 0 Å². The van der Waals surface area contributed by atoms with Crippen molar-refractivity contribution in [2.75, 3.05) is 10.6 Å². The van der Waals surface area contributed by atoms with Crippen molar-refractivity contribution >= 4 is 52.3 Å². The van der Waals surface area contributed by atoms with E-state index >= 15 is 0 Å². The lowest BCUT2D eigenvalue weighted by molar-refractivity contribution is -0.119. The van der Waals surface area contributed by atoms with Crippen LogP contribution in [0.3, 0.4) is 0 Å². The highest BCUT2D eigenvalue weighted by Crippen LogP contribution is 2.41. The Balaban J connectivity index is 1.58. The van der Waals surface area contributed by atoms with Crippen LogP contribution >= 0.6 is 23.2 Å². The zero-order valence-electron chi connectivity index (χ0n) is 17.9. The first-order chi connectivity index (χ1) is 15.7. The van der Waals surface area contributed by atoms with Gasteiger partial charge in [-0.15, -0.1) is 0 Å². The fourth-order valence-electron chi connectivity index (χ4n) is 3.86. The Morgan fingerprint density at radius 2 is 1.73 bits per heavy atom. The zero-order valence-corrected chi connectivity index (χ0v) is 19.4. The minimum absolute atomic E-state index is 0.164. The maximum atomic E-state index is 13.4. The number of nitrogens with one attached hydrogen (secondary N) is 3. The number of fused-ring (bicyclic) bond motifs is 1. The van der Waals surface area contributed by atoms with Gasteiger partial charge in [0.05, 0.1) is 22.3 Å². The van der Waals surface area contributed by atoms with Crippen LogP contribution in [0, 0.1) is 0 Å². The summed E-state index contributed by atoms with van der Waals surface area (Å²) in [6.45, 7) is 3.42. The van der Waals surface area contributed by atoms with Crippen molar-refractivity contribution in [3.05, 3.63) is 93.5 Å². The molecule has 0 bridgehead atoms. The van der Waals surface area contributed by atoms with Crippen molar-refractivity contribution in [2.45, 2.75) is 25.3 Å². The summed E-state index contributed by atoms with van der Waals surface area (Å²) >= 11 is 12.3. The third-order valence-electron chi connectivity index (χ3n) is 5.78. The molecule has 1 aliphatic rings. The lowest BCUT2D eigenvalue weighted by atomic mass is 9.73. The third-order valence-corrected chi connectivity index (χ3v) is 6.30. The van der Waals surface area contributed by atoms with Crippen LogP contribution in [0.1, 0.15) is 41.4 Å². The van der Waals surface area contributed by atoms with Gasteiger partial charge in [0.15, 0.2) is 5.78 Å². The lowest BCUT2D eigenvalue weighted by Crippen LogP contribution is -2.48. The molecule has 0 fully saturated rings. The molecule has 3 aromatic rings. The average molecular weight is 482 g/mol. The molecule has 1 heterocycles. The van der Waals surface area contributed by atoms with Crippen LogP contribution in [-0.4, -0.2) is 17.7 Å². The Bertz CT molecular complexity index is 1260. The van der Waals surface area contributed by atoms with Gasteiger partial charge < -0.3 is 16.0 Å². The number of halogens is 2. The van der Waals surface area contributed by atoms with Crippen LogP contribution in [-0.2, 0) is 10.2 Å². The molecule has 3 aromatic carbocycles. The summed E-state index contributed by atoms with van der Waals surface area (Å²) < 4.78 is 0. The molecule has 0 aromatic heterocycles. The predicted molar refractivity (Wildman–Crippen MR) is 130 cm³/mol.